The molecule has 0 bridgehead atoms. The highest BCUT2D eigenvalue weighted by Crippen LogP contribution is 2.67. The van der Waals surface area contributed by atoms with Crippen molar-refractivity contribution in [1.29, 1.82) is 0 Å². The van der Waals surface area contributed by atoms with E-state index in [4.69, 9.17) is 18.9 Å². The van der Waals surface area contributed by atoms with E-state index in [9.17, 15) is 19.2 Å². The van der Waals surface area contributed by atoms with Crippen LogP contribution in [0.1, 0.15) is 146 Å². The minimum absolute atomic E-state index is 0.0849. The highest BCUT2D eigenvalue weighted by Gasteiger charge is 2.62. The van der Waals surface area contributed by atoms with E-state index in [-0.39, 0.29) is 36.0 Å². The van der Waals surface area contributed by atoms with Crippen molar-refractivity contribution in [3.63, 3.8) is 0 Å². The Balaban J connectivity index is 0.00000354. The maximum Gasteiger partial charge on any atom is 0.509 e. The normalized spacial score (nSPS) is 30.1. The molecule has 10 unspecified atom stereocenters. The van der Waals surface area contributed by atoms with E-state index in [1.54, 1.807) is 6.92 Å². The molecule has 10 nitrogen and oxygen atoms in total. The summed E-state index contributed by atoms with van der Waals surface area (Å²) in [6.07, 6.45) is 10.6. The van der Waals surface area contributed by atoms with Crippen molar-refractivity contribution < 1.29 is 38.1 Å². The minimum atomic E-state index is -0.907. The van der Waals surface area contributed by atoms with Gasteiger partial charge in [-0.3, -0.25) is 4.79 Å². The largest absolute Gasteiger partial charge is 0.509 e. The highest BCUT2D eigenvalue weighted by atomic mass is 16.7. The second-order valence-corrected chi connectivity index (χ2v) is 19.0. The van der Waals surface area contributed by atoms with Crippen molar-refractivity contribution in [2.75, 3.05) is 6.54 Å². The Morgan fingerprint density at radius 3 is 2.25 bits per heavy atom. The van der Waals surface area contributed by atoms with Gasteiger partial charge in [-0.05, 0) is 118 Å². The molecule has 0 aliphatic heterocycles. The van der Waals surface area contributed by atoms with E-state index < -0.39 is 41.9 Å². The number of fused-ring (bicyclic) bond motifs is 5. The number of hydrogen-bond acceptors (Lipinski definition) is 8. The monoisotopic (exact) mass is 795 g/mol. The number of esters is 1. The maximum absolute atomic E-state index is 13.3. The molecular formula is C47H74N2O8. The van der Waals surface area contributed by atoms with Crippen molar-refractivity contribution in [3.05, 3.63) is 47.5 Å². The molecule has 320 valence electrons. The molecule has 2 N–H and O–H groups in total. The van der Waals surface area contributed by atoms with Crippen LogP contribution in [0.15, 0.2) is 42.0 Å². The Morgan fingerprint density at radius 1 is 0.877 bits per heavy atom. The predicted octanol–water partition coefficient (Wildman–Crippen LogP) is 10.3. The minimum Gasteiger partial charge on any atom is -0.461 e. The molecule has 0 spiro atoms. The van der Waals surface area contributed by atoms with Crippen molar-refractivity contribution in [3.8, 4) is 0 Å². The second-order valence-electron chi connectivity index (χ2n) is 19.0. The number of nitrogens with one attached hydrogen (secondary N) is 2. The SMILES string of the molecule is CC.CC(C)CCCC(C)C1CCC2C3C(OC(=O)OC(C)(C)C)C=C4CC(OC(=O)C(C)NC(=O)CNC(=O)OCc5ccccc5)CCC4(C)C3CCC12C. The van der Waals surface area contributed by atoms with Gasteiger partial charge in [-0.15, -0.1) is 0 Å². The smallest absolute Gasteiger partial charge is 0.461 e. The molecule has 4 aliphatic carbocycles. The van der Waals surface area contributed by atoms with E-state index in [1.807, 2.05) is 65.0 Å². The van der Waals surface area contributed by atoms with Gasteiger partial charge in [-0.2, -0.15) is 0 Å². The summed E-state index contributed by atoms with van der Waals surface area (Å²) in [5, 5.41) is 5.05. The summed E-state index contributed by atoms with van der Waals surface area (Å²) in [6, 6.07) is 8.34. The fraction of sp³-hybridized carbons (Fsp3) is 0.745. The van der Waals surface area contributed by atoms with Crippen molar-refractivity contribution >= 4 is 24.1 Å². The van der Waals surface area contributed by atoms with Crippen LogP contribution in [-0.2, 0) is 35.1 Å². The molecule has 3 fully saturated rings. The Hall–Kier alpha value is -3.56. The van der Waals surface area contributed by atoms with Gasteiger partial charge in [0.15, 0.2) is 0 Å². The molecule has 4 aliphatic rings. The molecule has 0 radical (unpaired) electrons. The summed E-state index contributed by atoms with van der Waals surface area (Å²) >= 11 is 0. The molecule has 1 aromatic rings. The number of rotatable bonds is 13. The quantitative estimate of drug-likeness (QED) is 0.115. The number of amides is 2. The number of carbonyl (C=O) groups is 4. The molecule has 0 heterocycles. The third kappa shape index (κ3) is 11.8. The van der Waals surface area contributed by atoms with E-state index in [0.717, 1.165) is 30.7 Å². The zero-order valence-corrected chi connectivity index (χ0v) is 36.9. The fourth-order valence-electron chi connectivity index (χ4n) is 10.8. The topological polar surface area (TPSA) is 129 Å². The standard InChI is InChI=1S/C45H68N2O8.C2H6/c1-28(2)14-13-15-29(3)34-18-19-35-39-36(21-23-45(34,35)9)44(8)22-20-33(24-32(44)25-37(39)54-42(51)55-43(5,6)7)53-40(49)30(4)47-38(48)26-46-41(50)52-27-31-16-11-10-12-17-31;1-2/h10-12,16-17,25,28-30,33-37,39H,13-15,18-24,26-27H2,1-9H3,(H,46,50)(H,47,48);1-2H3. The fourth-order valence-corrected chi connectivity index (χ4v) is 10.8. The average molecular weight is 795 g/mol. The third-order valence-corrected chi connectivity index (χ3v) is 13.5. The first kappa shape index (κ1) is 46.1. The average Bonchev–Trinajstić information content (AvgIpc) is 3.51. The van der Waals surface area contributed by atoms with Gasteiger partial charge in [0.05, 0.1) is 0 Å². The van der Waals surface area contributed by atoms with Crippen LogP contribution in [0.4, 0.5) is 9.59 Å². The Kier molecular flexibility index (Phi) is 16.1. The van der Waals surface area contributed by atoms with Gasteiger partial charge in [0, 0.05) is 12.3 Å². The molecule has 10 heteroatoms. The zero-order valence-electron chi connectivity index (χ0n) is 36.9. The number of benzene rings is 1. The summed E-state index contributed by atoms with van der Waals surface area (Å²) in [7, 11) is 0. The van der Waals surface area contributed by atoms with E-state index in [1.165, 1.54) is 37.7 Å². The number of alkyl carbamates (subject to hydrolysis) is 1. The van der Waals surface area contributed by atoms with Crippen molar-refractivity contribution in [2.24, 2.45) is 46.3 Å². The van der Waals surface area contributed by atoms with E-state index in [2.05, 4.69) is 51.3 Å². The van der Waals surface area contributed by atoms with Crippen molar-refractivity contribution in [2.45, 2.75) is 171 Å². The van der Waals surface area contributed by atoms with Crippen LogP contribution in [0, 0.1) is 46.3 Å². The summed E-state index contributed by atoms with van der Waals surface area (Å²) in [5.41, 5.74) is 1.44. The Bertz CT molecular complexity index is 1540. The molecule has 57 heavy (non-hydrogen) atoms. The van der Waals surface area contributed by atoms with Gasteiger partial charge in [0.1, 0.15) is 37.0 Å². The summed E-state index contributed by atoms with van der Waals surface area (Å²) in [5.74, 6) is 1.99. The van der Waals surface area contributed by atoms with Gasteiger partial charge in [0.2, 0.25) is 5.91 Å². The van der Waals surface area contributed by atoms with Gasteiger partial charge in [-0.25, -0.2) is 14.4 Å². The van der Waals surface area contributed by atoms with Crippen molar-refractivity contribution in [1.82, 2.24) is 10.6 Å². The van der Waals surface area contributed by atoms with Crippen LogP contribution in [0.2, 0.25) is 0 Å². The molecule has 2 amide bonds. The first-order chi connectivity index (χ1) is 26.9. The van der Waals surface area contributed by atoms with Crippen LogP contribution >= 0.6 is 0 Å². The van der Waals surface area contributed by atoms with E-state index in [0.29, 0.717) is 36.5 Å². The van der Waals surface area contributed by atoms with Crippen LogP contribution in [-0.4, -0.2) is 54.5 Å². The Labute approximate surface area is 343 Å². The van der Waals surface area contributed by atoms with Crippen LogP contribution in [0.25, 0.3) is 0 Å². The van der Waals surface area contributed by atoms with Gasteiger partial charge >= 0.3 is 18.2 Å². The zero-order chi connectivity index (χ0) is 42.1. The molecule has 3 saturated carbocycles. The summed E-state index contributed by atoms with van der Waals surface area (Å²) in [4.78, 5) is 51.2. The first-order valence-electron chi connectivity index (χ1n) is 21.9. The lowest BCUT2D eigenvalue weighted by Crippen LogP contribution is -2.56. The van der Waals surface area contributed by atoms with Crippen LogP contribution in [0.3, 0.4) is 0 Å². The Morgan fingerprint density at radius 2 is 1.58 bits per heavy atom. The molecular weight excluding hydrogens is 721 g/mol. The molecule has 1 aromatic carbocycles. The molecule has 0 saturated heterocycles. The maximum atomic E-state index is 13.3. The second kappa shape index (κ2) is 19.9. The number of hydrogen-bond donors (Lipinski definition) is 2. The van der Waals surface area contributed by atoms with Gasteiger partial charge in [0.25, 0.3) is 0 Å². The number of ether oxygens (including phenoxy) is 4. The van der Waals surface area contributed by atoms with Gasteiger partial charge < -0.3 is 29.6 Å². The summed E-state index contributed by atoms with van der Waals surface area (Å²) < 4.78 is 23.2. The predicted molar refractivity (Wildman–Crippen MR) is 223 cm³/mol. The summed E-state index contributed by atoms with van der Waals surface area (Å²) in [6.45, 7) is 22.9. The highest BCUT2D eigenvalue weighted by molar-refractivity contribution is 5.87. The van der Waals surface area contributed by atoms with Crippen LogP contribution in [0.5, 0.6) is 0 Å². The first-order valence-corrected chi connectivity index (χ1v) is 21.9. The van der Waals surface area contributed by atoms with Crippen LogP contribution < -0.4 is 10.6 Å². The lowest BCUT2D eigenvalue weighted by atomic mass is 9.46. The number of carbonyl (C=O) groups excluding carboxylic acids is 4. The lowest BCUT2D eigenvalue weighted by molar-refractivity contribution is -0.155. The van der Waals surface area contributed by atoms with Gasteiger partial charge in [-0.1, -0.05) is 104 Å². The molecule has 10 atom stereocenters. The third-order valence-electron chi connectivity index (χ3n) is 13.5. The van der Waals surface area contributed by atoms with E-state index >= 15 is 0 Å². The molecule has 0 aromatic heterocycles. The lowest BCUT2D eigenvalue weighted by Gasteiger charge is -2.59. The molecule has 5 rings (SSSR count).